The fourth-order valence-corrected chi connectivity index (χ4v) is 10.3. The lowest BCUT2D eigenvalue weighted by molar-refractivity contribution is -0.157. The molecule has 24 nitrogen and oxygen atoms in total. The molecule has 1 aliphatic rings. The number of likely N-dealkylation sites (N-methyl/N-ethyl adjacent to an activating group) is 6. The number of nitrogens with zero attached hydrogens (tertiary/aromatic N) is 6. The molecular formula is C60H107N11O13. The summed E-state index contributed by atoms with van der Waals surface area (Å²) in [4.78, 5) is 166. The van der Waals surface area contributed by atoms with Gasteiger partial charge in [-0.05, 0) is 94.8 Å². The van der Waals surface area contributed by atoms with Crippen LogP contribution in [0.15, 0.2) is 12.2 Å². The second-order valence-corrected chi connectivity index (χ2v) is 25.5. The highest BCUT2D eigenvalue weighted by Crippen LogP contribution is 2.25. The second-order valence-electron chi connectivity index (χ2n) is 25.5. The summed E-state index contributed by atoms with van der Waals surface area (Å²) < 4.78 is 0. The Morgan fingerprint density at radius 2 is 0.869 bits per heavy atom. The molecule has 0 saturated carbocycles. The second kappa shape index (κ2) is 34.1. The molecule has 0 aromatic rings. The molecular weight excluding hydrogens is 1080 g/mol. The Kier molecular flexibility index (Phi) is 30.8. The maximum absolute atomic E-state index is 15.1. The van der Waals surface area contributed by atoms with Gasteiger partial charge in [-0.1, -0.05) is 102 Å². The first-order valence-corrected chi connectivity index (χ1v) is 29.7. The zero-order chi connectivity index (χ0) is 65.3. The summed E-state index contributed by atoms with van der Waals surface area (Å²) >= 11 is 0. The number of carbonyl (C=O) groups is 11. The van der Waals surface area contributed by atoms with Crippen LogP contribution in [0.25, 0.3) is 0 Å². The van der Waals surface area contributed by atoms with Crippen molar-refractivity contribution in [3.63, 3.8) is 0 Å². The summed E-state index contributed by atoms with van der Waals surface area (Å²) in [5.41, 5.74) is 0. The first-order chi connectivity index (χ1) is 38.7. The smallest absolute Gasteiger partial charge is 0.248 e. The number of carbonyl (C=O) groups excluding carboxylic acids is 11. The molecule has 480 valence electrons. The standard InChI is InChI=1S/C60H107N11O13/c1-24-25-26-37(14)50(74)49-54(78)65-47(40(17)72)58(82)66(18)30-44(73)63-45(34(8)9)53(77)64-46(35(10)11)59(83)67(19)41(27-31(2)3)52(76)61-38(15)51(75)62-39(16)55(79)68(20)42(28-32(4)5)56(80)69(21)43(29-33(6)7)57(81)70(22)48(36(12)13)60(84)71(49)23/h24-25,31-43,45-50,72,74H,26-30H2,1-23H3,(H,61,76)(H,62,75)(H,63,73)(H,64,77)(H,65,78)/b25-24+/t37-,38+,39-,40-,41+,42+,43+,45+,46+,47+,48-,49+,50-/m1/s1. The van der Waals surface area contributed by atoms with E-state index < -0.39 is 168 Å². The highest BCUT2D eigenvalue weighted by Gasteiger charge is 2.46. The molecule has 1 saturated heterocycles. The largest absolute Gasteiger partial charge is 0.391 e. The molecule has 0 bridgehead atoms. The predicted molar refractivity (Wildman–Crippen MR) is 321 cm³/mol. The molecule has 1 fully saturated rings. The van der Waals surface area contributed by atoms with Crippen LogP contribution in [0.4, 0.5) is 0 Å². The van der Waals surface area contributed by atoms with Crippen molar-refractivity contribution < 1.29 is 63.0 Å². The Bertz CT molecular complexity index is 2310. The monoisotopic (exact) mass is 1190 g/mol. The Balaban J connectivity index is 4.30. The lowest BCUT2D eigenvalue weighted by atomic mass is 9.91. The molecule has 11 amide bonds. The van der Waals surface area contributed by atoms with Crippen LogP contribution in [0.3, 0.4) is 0 Å². The van der Waals surface area contributed by atoms with Crippen LogP contribution < -0.4 is 26.6 Å². The van der Waals surface area contributed by atoms with Crippen molar-refractivity contribution in [1.29, 1.82) is 0 Å². The summed E-state index contributed by atoms with van der Waals surface area (Å²) in [6, 6.07) is -13.2. The van der Waals surface area contributed by atoms with Crippen molar-refractivity contribution in [2.24, 2.45) is 41.4 Å². The first-order valence-electron chi connectivity index (χ1n) is 29.7. The molecule has 84 heavy (non-hydrogen) atoms. The van der Waals surface area contributed by atoms with Crippen molar-refractivity contribution in [2.45, 2.75) is 216 Å². The Hall–Kier alpha value is -6.17. The lowest BCUT2D eigenvalue weighted by Gasteiger charge is -2.41. The number of aliphatic hydroxyl groups excluding tert-OH is 2. The van der Waals surface area contributed by atoms with Gasteiger partial charge in [-0.3, -0.25) is 52.7 Å². The van der Waals surface area contributed by atoms with Gasteiger partial charge in [-0.15, -0.1) is 0 Å². The van der Waals surface area contributed by atoms with Gasteiger partial charge >= 0.3 is 0 Å². The van der Waals surface area contributed by atoms with E-state index in [9.17, 15) is 53.4 Å². The van der Waals surface area contributed by atoms with Crippen molar-refractivity contribution >= 4 is 65.0 Å². The normalized spacial score (nSPS) is 27.3. The van der Waals surface area contributed by atoms with Crippen molar-refractivity contribution in [3.8, 4) is 0 Å². The number of rotatable bonds is 14. The van der Waals surface area contributed by atoms with E-state index in [1.807, 2.05) is 41.5 Å². The molecule has 7 N–H and O–H groups in total. The van der Waals surface area contributed by atoms with Gasteiger partial charge in [-0.2, -0.15) is 0 Å². The van der Waals surface area contributed by atoms with Gasteiger partial charge in [0.25, 0.3) is 0 Å². The van der Waals surface area contributed by atoms with Crippen LogP contribution in [0.1, 0.15) is 143 Å². The van der Waals surface area contributed by atoms with E-state index in [1.54, 1.807) is 67.5 Å². The van der Waals surface area contributed by atoms with E-state index in [2.05, 4.69) is 26.6 Å². The van der Waals surface area contributed by atoms with Crippen LogP contribution in [-0.2, 0) is 52.7 Å². The van der Waals surface area contributed by atoms with Gasteiger partial charge in [0.1, 0.15) is 60.4 Å². The van der Waals surface area contributed by atoms with Gasteiger partial charge < -0.3 is 66.2 Å². The summed E-state index contributed by atoms with van der Waals surface area (Å²) in [5.74, 6) is -11.3. The summed E-state index contributed by atoms with van der Waals surface area (Å²) in [6.45, 7) is 28.0. The Morgan fingerprint density at radius 1 is 0.440 bits per heavy atom. The molecule has 1 aliphatic heterocycles. The quantitative estimate of drug-likeness (QED) is 0.122. The number of amides is 11. The van der Waals surface area contributed by atoms with E-state index in [1.165, 1.54) is 82.7 Å². The predicted octanol–water partition coefficient (Wildman–Crippen LogP) is 1.51. The zero-order valence-electron chi connectivity index (χ0n) is 54.7. The molecule has 0 unspecified atom stereocenters. The van der Waals surface area contributed by atoms with Crippen molar-refractivity contribution in [1.82, 2.24) is 56.0 Å². The van der Waals surface area contributed by atoms with E-state index >= 15 is 9.59 Å². The van der Waals surface area contributed by atoms with Crippen LogP contribution in [-0.4, -0.2) is 226 Å². The van der Waals surface area contributed by atoms with Gasteiger partial charge in [0.15, 0.2) is 0 Å². The maximum Gasteiger partial charge on any atom is 0.248 e. The molecule has 0 radical (unpaired) electrons. The van der Waals surface area contributed by atoms with E-state index in [0.717, 1.165) is 9.80 Å². The molecule has 1 heterocycles. The third-order valence-electron chi connectivity index (χ3n) is 15.5. The number of aliphatic hydroxyl groups is 2. The highest BCUT2D eigenvalue weighted by molar-refractivity contribution is 5.99. The molecule has 1 rings (SSSR count). The van der Waals surface area contributed by atoms with Gasteiger partial charge in [0, 0.05) is 42.3 Å². The van der Waals surface area contributed by atoms with E-state index in [4.69, 9.17) is 0 Å². The minimum Gasteiger partial charge on any atom is -0.391 e. The Labute approximate surface area is 500 Å². The molecule has 0 spiro atoms. The minimum atomic E-state index is -1.75. The van der Waals surface area contributed by atoms with Crippen LogP contribution >= 0.6 is 0 Å². The van der Waals surface area contributed by atoms with Crippen LogP contribution in [0, 0.1) is 41.4 Å². The number of hydrogen-bond acceptors (Lipinski definition) is 13. The van der Waals surface area contributed by atoms with Gasteiger partial charge in [0.05, 0.1) is 18.8 Å². The summed E-state index contributed by atoms with van der Waals surface area (Å²) in [6.07, 6.45) is 0.979. The van der Waals surface area contributed by atoms with Crippen LogP contribution in [0.2, 0.25) is 0 Å². The number of allylic oxidation sites excluding steroid dienone is 2. The number of nitrogens with one attached hydrogen (secondary N) is 5. The molecule has 0 aliphatic carbocycles. The maximum atomic E-state index is 15.1. The molecule has 0 aromatic heterocycles. The minimum absolute atomic E-state index is 0.118. The molecule has 0 aromatic carbocycles. The SMILES string of the molecule is C/C=C/C[C@@H](C)[C@@H](O)[C@H]1C(=O)N[C@@H]([C@@H](C)O)C(=O)N(C)CC(=O)N[C@@H](C(C)C)C(=O)N[C@@H](C(C)C)C(=O)N(C)[C@@H](CC(C)C)C(=O)N[C@@H](C)C(=O)N[C@H](C)C(=O)N(C)[C@@H](CC(C)C)C(=O)N(C)[C@@H](CC(C)C)C(=O)N(C)[C@H](C(C)C)C(=O)N1C. The van der Waals surface area contributed by atoms with Gasteiger partial charge in [-0.25, -0.2) is 0 Å². The third kappa shape index (κ3) is 21.1. The first kappa shape index (κ1) is 75.8. The number of hydrogen-bond donors (Lipinski definition) is 7. The topological polar surface area (TPSA) is 308 Å². The fraction of sp³-hybridized carbons (Fsp3) is 0.783. The Morgan fingerprint density at radius 3 is 1.32 bits per heavy atom. The molecule has 13 atom stereocenters. The van der Waals surface area contributed by atoms with E-state index in [0.29, 0.717) is 0 Å². The fourth-order valence-electron chi connectivity index (χ4n) is 10.3. The van der Waals surface area contributed by atoms with Crippen molar-refractivity contribution in [3.05, 3.63) is 12.2 Å². The van der Waals surface area contributed by atoms with Gasteiger partial charge in [0.2, 0.25) is 65.0 Å². The summed E-state index contributed by atoms with van der Waals surface area (Å²) in [7, 11) is 8.19. The van der Waals surface area contributed by atoms with Crippen LogP contribution in [0.5, 0.6) is 0 Å². The molecule has 24 heteroatoms. The lowest BCUT2D eigenvalue weighted by Crippen LogP contribution is -2.64. The third-order valence-corrected chi connectivity index (χ3v) is 15.5. The van der Waals surface area contributed by atoms with E-state index in [-0.39, 0.29) is 43.4 Å². The average Bonchev–Trinajstić information content (AvgIpc) is 3.54. The van der Waals surface area contributed by atoms with Crippen molar-refractivity contribution in [2.75, 3.05) is 48.8 Å². The summed E-state index contributed by atoms with van der Waals surface area (Å²) in [5, 5.41) is 36.4. The average molecular weight is 1190 g/mol. The zero-order valence-corrected chi connectivity index (χ0v) is 54.7. The highest BCUT2D eigenvalue weighted by atomic mass is 16.3.